The SMILES string of the molecule is COc1ccc(NC(=O)[C@H]2CCN(c3ccc(Br)cc3)C2=O)cc1. The molecule has 2 aromatic carbocycles. The van der Waals surface area contributed by atoms with Crippen molar-refractivity contribution >= 4 is 39.1 Å². The van der Waals surface area contributed by atoms with E-state index >= 15 is 0 Å². The van der Waals surface area contributed by atoms with Crippen molar-refractivity contribution in [3.05, 3.63) is 53.0 Å². The first-order chi connectivity index (χ1) is 11.6. The minimum atomic E-state index is -0.657. The zero-order valence-electron chi connectivity index (χ0n) is 13.2. The Morgan fingerprint density at radius 3 is 2.46 bits per heavy atom. The lowest BCUT2D eigenvalue weighted by molar-refractivity contribution is -0.129. The van der Waals surface area contributed by atoms with Crippen molar-refractivity contribution in [1.29, 1.82) is 0 Å². The second kappa shape index (κ2) is 7.05. The van der Waals surface area contributed by atoms with Crippen LogP contribution in [0.1, 0.15) is 6.42 Å². The van der Waals surface area contributed by atoms with Gasteiger partial charge in [0, 0.05) is 22.4 Å². The van der Waals surface area contributed by atoms with E-state index in [0.29, 0.717) is 24.4 Å². The average molecular weight is 389 g/mol. The van der Waals surface area contributed by atoms with Crippen LogP contribution in [0.15, 0.2) is 53.0 Å². The maximum atomic E-state index is 12.6. The highest BCUT2D eigenvalue weighted by molar-refractivity contribution is 9.10. The summed E-state index contributed by atoms with van der Waals surface area (Å²) in [6, 6.07) is 14.5. The van der Waals surface area contributed by atoms with Crippen molar-refractivity contribution in [3.63, 3.8) is 0 Å². The van der Waals surface area contributed by atoms with Crippen LogP contribution in [-0.4, -0.2) is 25.5 Å². The smallest absolute Gasteiger partial charge is 0.239 e. The zero-order valence-corrected chi connectivity index (χ0v) is 14.7. The number of halogens is 1. The first-order valence-electron chi connectivity index (χ1n) is 7.60. The molecule has 1 aliphatic heterocycles. The van der Waals surface area contributed by atoms with Crippen LogP contribution in [0.5, 0.6) is 5.75 Å². The number of ether oxygens (including phenoxy) is 1. The van der Waals surface area contributed by atoms with Crippen molar-refractivity contribution in [2.75, 3.05) is 23.9 Å². The number of hydrogen-bond donors (Lipinski definition) is 1. The van der Waals surface area contributed by atoms with Crippen LogP contribution in [0, 0.1) is 5.92 Å². The topological polar surface area (TPSA) is 58.6 Å². The average Bonchev–Trinajstić information content (AvgIpc) is 2.98. The fourth-order valence-electron chi connectivity index (χ4n) is 2.70. The highest BCUT2D eigenvalue weighted by Crippen LogP contribution is 2.27. The van der Waals surface area contributed by atoms with Crippen molar-refractivity contribution < 1.29 is 14.3 Å². The van der Waals surface area contributed by atoms with Crippen molar-refractivity contribution in [1.82, 2.24) is 0 Å². The quantitative estimate of drug-likeness (QED) is 0.815. The maximum Gasteiger partial charge on any atom is 0.239 e. The van der Waals surface area contributed by atoms with Gasteiger partial charge in [0.15, 0.2) is 0 Å². The minimum Gasteiger partial charge on any atom is -0.497 e. The van der Waals surface area contributed by atoms with Crippen molar-refractivity contribution in [2.24, 2.45) is 5.92 Å². The molecule has 1 aliphatic rings. The number of rotatable bonds is 4. The van der Waals surface area contributed by atoms with E-state index in [1.165, 1.54) is 0 Å². The van der Waals surface area contributed by atoms with E-state index < -0.39 is 5.92 Å². The van der Waals surface area contributed by atoms with Gasteiger partial charge in [-0.15, -0.1) is 0 Å². The fraction of sp³-hybridized carbons (Fsp3) is 0.222. The molecule has 1 heterocycles. The third-order valence-corrected chi connectivity index (χ3v) is 4.55. The second-order valence-electron chi connectivity index (χ2n) is 5.53. The zero-order chi connectivity index (χ0) is 17.1. The summed E-state index contributed by atoms with van der Waals surface area (Å²) < 4.78 is 6.04. The molecule has 6 heteroatoms. The van der Waals surface area contributed by atoms with Crippen molar-refractivity contribution in [3.8, 4) is 5.75 Å². The highest BCUT2D eigenvalue weighted by atomic mass is 79.9. The summed E-state index contributed by atoms with van der Waals surface area (Å²) in [6.45, 7) is 0.543. The van der Waals surface area contributed by atoms with Gasteiger partial charge in [-0.25, -0.2) is 0 Å². The summed E-state index contributed by atoms with van der Waals surface area (Å²) in [7, 11) is 1.58. The number of methoxy groups -OCH3 is 1. The van der Waals surface area contributed by atoms with Gasteiger partial charge >= 0.3 is 0 Å². The Balaban J connectivity index is 1.67. The molecule has 1 saturated heterocycles. The predicted octanol–water partition coefficient (Wildman–Crippen LogP) is 3.45. The van der Waals surface area contributed by atoms with Gasteiger partial charge in [0.2, 0.25) is 11.8 Å². The van der Waals surface area contributed by atoms with E-state index in [9.17, 15) is 9.59 Å². The van der Waals surface area contributed by atoms with E-state index in [-0.39, 0.29) is 11.8 Å². The van der Waals surface area contributed by atoms with Crippen LogP contribution >= 0.6 is 15.9 Å². The summed E-state index contributed by atoms with van der Waals surface area (Å²) in [5.41, 5.74) is 1.46. The van der Waals surface area contributed by atoms with E-state index in [1.807, 2.05) is 24.3 Å². The molecule has 0 radical (unpaired) electrons. The highest BCUT2D eigenvalue weighted by Gasteiger charge is 2.37. The second-order valence-corrected chi connectivity index (χ2v) is 6.44. The Morgan fingerprint density at radius 1 is 1.17 bits per heavy atom. The molecule has 1 atom stereocenters. The van der Waals surface area contributed by atoms with Gasteiger partial charge in [0.05, 0.1) is 7.11 Å². The van der Waals surface area contributed by atoms with Crippen LogP contribution in [0.25, 0.3) is 0 Å². The molecule has 3 rings (SSSR count). The molecule has 124 valence electrons. The third kappa shape index (κ3) is 3.43. The van der Waals surface area contributed by atoms with E-state index in [0.717, 1.165) is 10.2 Å². The molecule has 0 aliphatic carbocycles. The first kappa shape index (κ1) is 16.5. The van der Waals surface area contributed by atoms with Crippen LogP contribution in [0.2, 0.25) is 0 Å². The minimum absolute atomic E-state index is 0.164. The number of benzene rings is 2. The molecule has 5 nitrogen and oxygen atoms in total. The van der Waals surface area contributed by atoms with Crippen LogP contribution in [0.3, 0.4) is 0 Å². The molecule has 2 aromatic rings. The lowest BCUT2D eigenvalue weighted by Crippen LogP contribution is -2.33. The largest absolute Gasteiger partial charge is 0.497 e. The number of nitrogens with zero attached hydrogens (tertiary/aromatic N) is 1. The standard InChI is InChI=1S/C18H17BrN2O3/c1-24-15-8-4-13(5-9-15)20-17(22)16-10-11-21(18(16)23)14-6-2-12(19)3-7-14/h2-9,16H,10-11H2,1H3,(H,20,22)/t16-/m1/s1. The molecular formula is C18H17BrN2O3. The third-order valence-electron chi connectivity index (χ3n) is 4.02. The Morgan fingerprint density at radius 2 is 1.83 bits per heavy atom. The van der Waals surface area contributed by atoms with Gasteiger partial charge in [-0.3, -0.25) is 9.59 Å². The van der Waals surface area contributed by atoms with Crippen LogP contribution in [0.4, 0.5) is 11.4 Å². The molecule has 0 spiro atoms. The Bertz CT molecular complexity index is 744. The molecule has 0 unspecified atom stereocenters. The molecule has 1 N–H and O–H groups in total. The van der Waals surface area contributed by atoms with Crippen LogP contribution < -0.4 is 15.0 Å². The maximum absolute atomic E-state index is 12.6. The molecule has 2 amide bonds. The fourth-order valence-corrected chi connectivity index (χ4v) is 2.97. The van der Waals surface area contributed by atoms with Gasteiger partial charge in [0.25, 0.3) is 0 Å². The Hall–Kier alpha value is -2.34. The lowest BCUT2D eigenvalue weighted by Gasteiger charge is -2.17. The van der Waals surface area contributed by atoms with Gasteiger partial charge in [-0.2, -0.15) is 0 Å². The van der Waals surface area contributed by atoms with Gasteiger partial charge in [0.1, 0.15) is 11.7 Å². The predicted molar refractivity (Wildman–Crippen MR) is 96.2 cm³/mol. The molecule has 0 saturated carbocycles. The molecule has 0 aromatic heterocycles. The Kier molecular flexibility index (Phi) is 4.85. The van der Waals surface area contributed by atoms with Crippen LogP contribution in [-0.2, 0) is 9.59 Å². The summed E-state index contributed by atoms with van der Waals surface area (Å²) in [5, 5.41) is 2.80. The molecule has 1 fully saturated rings. The Labute approximate surface area is 148 Å². The molecule has 24 heavy (non-hydrogen) atoms. The number of nitrogens with one attached hydrogen (secondary N) is 1. The summed E-state index contributed by atoms with van der Waals surface area (Å²) >= 11 is 3.38. The van der Waals surface area contributed by atoms with E-state index in [4.69, 9.17) is 4.74 Å². The summed E-state index contributed by atoms with van der Waals surface area (Å²) in [6.07, 6.45) is 0.511. The van der Waals surface area contributed by atoms with Crippen molar-refractivity contribution in [2.45, 2.75) is 6.42 Å². The number of carbonyl (C=O) groups is 2. The number of anilines is 2. The summed E-state index contributed by atoms with van der Waals surface area (Å²) in [4.78, 5) is 26.6. The van der Waals surface area contributed by atoms with Gasteiger partial charge < -0.3 is 15.0 Å². The summed E-state index contributed by atoms with van der Waals surface area (Å²) in [5.74, 6) is -0.379. The lowest BCUT2D eigenvalue weighted by atomic mass is 10.1. The normalized spacial score (nSPS) is 17.0. The number of carbonyl (C=O) groups excluding carboxylic acids is 2. The van der Waals surface area contributed by atoms with Gasteiger partial charge in [-0.05, 0) is 55.0 Å². The number of hydrogen-bond acceptors (Lipinski definition) is 3. The first-order valence-corrected chi connectivity index (χ1v) is 8.39. The monoisotopic (exact) mass is 388 g/mol. The number of amides is 2. The molecule has 0 bridgehead atoms. The van der Waals surface area contributed by atoms with E-state index in [1.54, 1.807) is 36.3 Å². The van der Waals surface area contributed by atoms with E-state index in [2.05, 4.69) is 21.2 Å². The molecular weight excluding hydrogens is 372 g/mol. The van der Waals surface area contributed by atoms with Gasteiger partial charge in [-0.1, -0.05) is 15.9 Å².